The molecule has 1 aromatic rings. The van der Waals surface area contributed by atoms with Gasteiger partial charge in [-0.05, 0) is 47.6 Å². The first-order valence-electron chi connectivity index (χ1n) is 3.98. The van der Waals surface area contributed by atoms with Gasteiger partial charge in [-0.3, -0.25) is 4.79 Å². The Morgan fingerprint density at radius 3 is 2.12 bits per heavy atom. The fourth-order valence-electron chi connectivity index (χ4n) is 0.856. The molecule has 0 saturated carbocycles. The molecule has 0 spiro atoms. The summed E-state index contributed by atoms with van der Waals surface area (Å²) in [5.74, 6) is 0. The third-order valence-corrected chi connectivity index (χ3v) is 2.77. The maximum atomic E-state index is 12.6. The van der Waals surface area contributed by atoms with Crippen LogP contribution < -0.4 is 0 Å². The number of thioether (sulfide) groups is 1. The lowest BCUT2D eigenvalue weighted by molar-refractivity contribution is -0.0563. The van der Waals surface area contributed by atoms with E-state index in [4.69, 9.17) is 11.6 Å². The van der Waals surface area contributed by atoms with Crippen molar-refractivity contribution in [2.45, 2.75) is 16.6 Å². The maximum absolute atomic E-state index is 12.6. The number of alkyl halides is 4. The van der Waals surface area contributed by atoms with Crippen LogP contribution in [0.1, 0.15) is 10.4 Å². The third-order valence-electron chi connectivity index (χ3n) is 1.59. The molecule has 0 aliphatic carbocycles. The molecule has 0 saturated heterocycles. The number of rotatable bonds is 4. The predicted molar refractivity (Wildman–Crippen MR) is 53.4 cm³/mol. The molecule has 1 rings (SSSR count). The van der Waals surface area contributed by atoms with Gasteiger partial charge < -0.3 is 0 Å². The Labute approximate surface area is 97.8 Å². The van der Waals surface area contributed by atoms with Gasteiger partial charge in [-0.15, -0.1) is 0 Å². The highest BCUT2D eigenvalue weighted by atomic mass is 35.5. The average Bonchev–Trinajstić information content (AvgIpc) is 2.17. The number of carbonyl (C=O) groups excluding carboxylic acids is 1. The Bertz CT molecular complexity index is 380. The van der Waals surface area contributed by atoms with Crippen molar-refractivity contribution in [3.63, 3.8) is 0 Å². The molecule has 0 aromatic heterocycles. The maximum Gasteiger partial charge on any atom is 0.357 e. The van der Waals surface area contributed by atoms with Gasteiger partial charge in [-0.1, -0.05) is 0 Å². The van der Waals surface area contributed by atoms with Crippen molar-refractivity contribution < 1.29 is 22.4 Å². The van der Waals surface area contributed by atoms with Gasteiger partial charge >= 0.3 is 11.7 Å². The fraction of sp³-hybridized carbons (Fsp3) is 0.222. The molecule has 0 unspecified atom stereocenters. The highest BCUT2D eigenvalue weighted by Crippen LogP contribution is 2.40. The number of hydrogen-bond acceptors (Lipinski definition) is 2. The minimum atomic E-state index is -4.15. The summed E-state index contributed by atoms with van der Waals surface area (Å²) >= 11 is 4.86. The number of carbonyl (C=O) groups is 1. The second kappa shape index (κ2) is 5.05. The summed E-state index contributed by atoms with van der Waals surface area (Å²) in [7, 11) is 0. The molecule has 0 fully saturated rings. The van der Waals surface area contributed by atoms with Gasteiger partial charge in [0, 0.05) is 10.5 Å². The SMILES string of the molecule is O=C(Cl)c1ccc(SC(F)(F)C(F)F)cc1. The highest BCUT2D eigenvalue weighted by Gasteiger charge is 2.41. The second-order valence-electron chi connectivity index (χ2n) is 2.76. The van der Waals surface area contributed by atoms with E-state index in [-0.39, 0.29) is 22.2 Å². The zero-order valence-electron chi connectivity index (χ0n) is 7.59. The van der Waals surface area contributed by atoms with Crippen LogP contribution in [0.3, 0.4) is 0 Å². The first-order chi connectivity index (χ1) is 7.33. The monoisotopic (exact) mass is 272 g/mol. The summed E-state index contributed by atoms with van der Waals surface area (Å²) in [5.41, 5.74) is 0.117. The van der Waals surface area contributed by atoms with Crippen molar-refractivity contribution in [1.29, 1.82) is 0 Å². The lowest BCUT2D eigenvalue weighted by Gasteiger charge is -2.14. The molecule has 0 bridgehead atoms. The Kier molecular flexibility index (Phi) is 4.21. The summed E-state index contributed by atoms with van der Waals surface area (Å²) in [6.07, 6.45) is -3.74. The van der Waals surface area contributed by atoms with Crippen LogP contribution in [0.15, 0.2) is 29.2 Å². The molecular formula is C9H5ClF4OS. The second-order valence-corrected chi connectivity index (χ2v) is 4.33. The summed E-state index contributed by atoms with van der Waals surface area (Å²) in [6, 6.07) is 4.66. The molecule has 0 aliphatic heterocycles. The van der Waals surface area contributed by atoms with Crippen molar-refractivity contribution in [2.75, 3.05) is 0 Å². The van der Waals surface area contributed by atoms with Crippen molar-refractivity contribution >= 4 is 28.6 Å². The topological polar surface area (TPSA) is 17.1 Å². The molecule has 0 N–H and O–H groups in total. The van der Waals surface area contributed by atoms with Crippen LogP contribution in [0.2, 0.25) is 0 Å². The highest BCUT2D eigenvalue weighted by molar-refractivity contribution is 8.00. The normalized spacial score (nSPS) is 11.9. The van der Waals surface area contributed by atoms with Crippen LogP contribution in [0.4, 0.5) is 17.6 Å². The average molecular weight is 273 g/mol. The Hall–Kier alpha value is -0.750. The fourth-order valence-corrected chi connectivity index (χ4v) is 1.66. The predicted octanol–water partition coefficient (Wildman–Crippen LogP) is 4.02. The number of benzene rings is 1. The van der Waals surface area contributed by atoms with Crippen LogP contribution in [0, 0.1) is 0 Å². The van der Waals surface area contributed by atoms with Gasteiger partial charge in [0.1, 0.15) is 0 Å². The van der Waals surface area contributed by atoms with Gasteiger partial charge in [0.15, 0.2) is 0 Å². The lowest BCUT2D eigenvalue weighted by atomic mass is 10.2. The molecule has 16 heavy (non-hydrogen) atoms. The number of hydrogen-bond donors (Lipinski definition) is 0. The smallest absolute Gasteiger partial charge is 0.276 e. The van der Waals surface area contributed by atoms with Crippen LogP contribution >= 0.6 is 23.4 Å². The van der Waals surface area contributed by atoms with E-state index in [1.165, 1.54) is 12.1 Å². The largest absolute Gasteiger partial charge is 0.357 e. The van der Waals surface area contributed by atoms with E-state index in [0.29, 0.717) is 0 Å². The van der Waals surface area contributed by atoms with Crippen molar-refractivity contribution in [1.82, 2.24) is 0 Å². The zero-order valence-corrected chi connectivity index (χ0v) is 9.17. The molecule has 7 heteroatoms. The number of halogens is 5. The molecule has 0 radical (unpaired) electrons. The Morgan fingerprint density at radius 2 is 1.75 bits per heavy atom. The first-order valence-corrected chi connectivity index (χ1v) is 5.17. The minimum Gasteiger partial charge on any atom is -0.276 e. The van der Waals surface area contributed by atoms with Crippen LogP contribution in [0.5, 0.6) is 0 Å². The van der Waals surface area contributed by atoms with Crippen molar-refractivity contribution in [2.24, 2.45) is 0 Å². The van der Waals surface area contributed by atoms with E-state index in [2.05, 4.69) is 0 Å². The third kappa shape index (κ3) is 3.38. The minimum absolute atomic E-state index is 0.0630. The van der Waals surface area contributed by atoms with E-state index in [0.717, 1.165) is 12.1 Å². The molecule has 1 nitrogen and oxygen atoms in total. The standard InChI is InChI=1S/C9H5ClF4OS/c10-7(15)5-1-3-6(4-2-5)16-9(13,14)8(11)12/h1-4,8H. The van der Waals surface area contributed by atoms with Crippen molar-refractivity contribution in [3.05, 3.63) is 29.8 Å². The summed E-state index contributed by atoms with van der Waals surface area (Å²) in [5, 5.41) is -4.89. The zero-order chi connectivity index (χ0) is 12.3. The van der Waals surface area contributed by atoms with E-state index in [1.54, 1.807) is 0 Å². The Morgan fingerprint density at radius 1 is 1.25 bits per heavy atom. The Balaban J connectivity index is 2.80. The van der Waals surface area contributed by atoms with Crippen LogP contribution in [0.25, 0.3) is 0 Å². The van der Waals surface area contributed by atoms with E-state index in [1.807, 2.05) is 0 Å². The lowest BCUT2D eigenvalue weighted by Crippen LogP contribution is -2.21. The molecule has 0 amide bonds. The van der Waals surface area contributed by atoms with Gasteiger partial charge in [-0.25, -0.2) is 8.78 Å². The molecule has 0 atom stereocenters. The summed E-state index contributed by atoms with van der Waals surface area (Å²) in [4.78, 5) is 10.6. The van der Waals surface area contributed by atoms with Gasteiger partial charge in [0.2, 0.25) is 0 Å². The molecular weight excluding hydrogens is 268 g/mol. The molecule has 0 heterocycles. The summed E-state index contributed by atoms with van der Waals surface area (Å²) < 4.78 is 48.9. The van der Waals surface area contributed by atoms with Gasteiger partial charge in [0.25, 0.3) is 5.24 Å². The molecule has 1 aromatic carbocycles. The van der Waals surface area contributed by atoms with E-state index in [9.17, 15) is 22.4 Å². The molecule has 88 valence electrons. The summed E-state index contributed by atoms with van der Waals surface area (Å²) in [6.45, 7) is 0. The first kappa shape index (κ1) is 13.3. The van der Waals surface area contributed by atoms with Crippen LogP contribution in [-0.4, -0.2) is 16.9 Å². The van der Waals surface area contributed by atoms with Crippen LogP contribution in [-0.2, 0) is 0 Å². The quantitative estimate of drug-likeness (QED) is 0.468. The van der Waals surface area contributed by atoms with Crippen molar-refractivity contribution in [3.8, 4) is 0 Å². The van der Waals surface area contributed by atoms with Gasteiger partial charge in [-0.2, -0.15) is 8.78 Å². The van der Waals surface area contributed by atoms with E-state index < -0.39 is 16.9 Å². The van der Waals surface area contributed by atoms with E-state index >= 15 is 0 Å². The van der Waals surface area contributed by atoms with Gasteiger partial charge in [0.05, 0.1) is 0 Å². The molecule has 0 aliphatic rings.